The molecule has 0 unspecified atom stereocenters. The third kappa shape index (κ3) is 4.58. The van der Waals surface area contributed by atoms with E-state index in [0.29, 0.717) is 12.3 Å². The Morgan fingerprint density at radius 1 is 1.38 bits per heavy atom. The lowest BCUT2D eigenvalue weighted by atomic mass is 10.1. The van der Waals surface area contributed by atoms with Gasteiger partial charge in [0.05, 0.1) is 5.56 Å². The Morgan fingerprint density at radius 2 is 2.05 bits per heavy atom. The molecule has 0 aliphatic rings. The Kier molecular flexibility index (Phi) is 5.44. The van der Waals surface area contributed by atoms with Gasteiger partial charge < -0.3 is 14.8 Å². The van der Waals surface area contributed by atoms with Crippen LogP contribution in [0.1, 0.15) is 33.3 Å². The van der Waals surface area contributed by atoms with E-state index in [4.69, 9.17) is 14.7 Å². The van der Waals surface area contributed by atoms with E-state index in [1.165, 1.54) is 19.1 Å². The molecule has 21 heavy (non-hydrogen) atoms. The third-order valence-corrected chi connectivity index (χ3v) is 2.66. The number of nitrogens with one attached hydrogen (secondary N) is 1. The predicted octanol–water partition coefficient (Wildman–Crippen LogP) is 2.24. The quantitative estimate of drug-likeness (QED) is 0.663. The Balaban J connectivity index is 2.94. The fraction of sp³-hybridized carbons (Fsp3) is 0.400. The van der Waals surface area contributed by atoms with Crippen LogP contribution in [0.5, 0.6) is 5.75 Å². The zero-order chi connectivity index (χ0) is 16.0. The van der Waals surface area contributed by atoms with Crippen LogP contribution >= 0.6 is 0 Å². The summed E-state index contributed by atoms with van der Waals surface area (Å²) in [4.78, 5) is 23.0. The van der Waals surface area contributed by atoms with Gasteiger partial charge in [0.2, 0.25) is 0 Å². The van der Waals surface area contributed by atoms with Gasteiger partial charge in [-0.05, 0) is 39.0 Å². The molecule has 1 rings (SSSR count). The van der Waals surface area contributed by atoms with Gasteiger partial charge in [0.15, 0.2) is 0 Å². The number of nitrogens with zero attached hydrogens (tertiary/aromatic N) is 1. The summed E-state index contributed by atoms with van der Waals surface area (Å²) < 4.78 is 10.3. The predicted molar refractivity (Wildman–Crippen MR) is 76.8 cm³/mol. The third-order valence-electron chi connectivity index (χ3n) is 2.66. The molecule has 1 aromatic carbocycles. The monoisotopic (exact) mass is 290 g/mol. The van der Waals surface area contributed by atoms with E-state index in [0.717, 1.165) is 0 Å². The van der Waals surface area contributed by atoms with E-state index in [-0.39, 0.29) is 17.2 Å². The molecule has 112 valence electrons. The van der Waals surface area contributed by atoms with Crippen molar-refractivity contribution in [3.05, 3.63) is 23.8 Å². The van der Waals surface area contributed by atoms with Crippen molar-refractivity contribution in [1.82, 2.24) is 0 Å². The first-order chi connectivity index (χ1) is 9.80. The average Bonchev–Trinajstić information content (AvgIpc) is 2.39. The Bertz CT molecular complexity index is 588. The second-order valence-corrected chi connectivity index (χ2v) is 4.81. The van der Waals surface area contributed by atoms with Gasteiger partial charge in [-0.15, -0.1) is 0 Å². The summed E-state index contributed by atoms with van der Waals surface area (Å²) >= 11 is 0. The topological polar surface area (TPSA) is 88.4 Å². The molecule has 0 aromatic heterocycles. The minimum atomic E-state index is -0.976. The molecule has 0 heterocycles. The Morgan fingerprint density at radius 3 is 2.57 bits per heavy atom. The van der Waals surface area contributed by atoms with Crippen molar-refractivity contribution in [3.63, 3.8) is 0 Å². The van der Waals surface area contributed by atoms with Crippen molar-refractivity contribution in [3.8, 4) is 11.8 Å². The Labute approximate surface area is 123 Å². The maximum atomic E-state index is 12.1. The number of amides is 1. The summed E-state index contributed by atoms with van der Waals surface area (Å²) in [5, 5.41) is 11.7. The summed E-state index contributed by atoms with van der Waals surface area (Å²) in [7, 11) is 0. The van der Waals surface area contributed by atoms with Crippen molar-refractivity contribution >= 4 is 17.6 Å². The second-order valence-electron chi connectivity index (χ2n) is 4.81. The normalized spacial score (nSPS) is 10.6. The molecular weight excluding hydrogens is 272 g/mol. The lowest BCUT2D eigenvalue weighted by Gasteiger charge is -2.23. The van der Waals surface area contributed by atoms with Gasteiger partial charge in [0, 0.05) is 19.2 Å². The molecule has 0 fully saturated rings. The van der Waals surface area contributed by atoms with Gasteiger partial charge in [-0.1, -0.05) is 0 Å². The van der Waals surface area contributed by atoms with Crippen molar-refractivity contribution in [2.24, 2.45) is 0 Å². The van der Waals surface area contributed by atoms with E-state index >= 15 is 0 Å². The number of rotatable bonds is 5. The smallest absolute Gasteiger partial charge is 0.308 e. The molecule has 0 bridgehead atoms. The van der Waals surface area contributed by atoms with E-state index in [1.54, 1.807) is 26.8 Å². The van der Waals surface area contributed by atoms with Gasteiger partial charge in [-0.2, -0.15) is 5.26 Å². The van der Waals surface area contributed by atoms with Crippen LogP contribution in [-0.4, -0.2) is 24.1 Å². The first-order valence-corrected chi connectivity index (χ1v) is 6.48. The molecule has 0 spiro atoms. The van der Waals surface area contributed by atoms with Crippen LogP contribution in [0.2, 0.25) is 0 Å². The van der Waals surface area contributed by atoms with Crippen molar-refractivity contribution < 1.29 is 19.1 Å². The summed E-state index contributed by atoms with van der Waals surface area (Å²) in [5.41, 5.74) is -0.381. The standard InChI is InChI=1S/C15H18N2O4/c1-5-20-15(3,4)14(19)17-12-6-7-13(21-10(2)18)11(8-12)9-16/h6-8H,5H2,1-4H3,(H,17,19). The van der Waals surface area contributed by atoms with E-state index in [2.05, 4.69) is 5.32 Å². The summed E-state index contributed by atoms with van der Waals surface area (Å²) in [6.45, 7) is 6.78. The van der Waals surface area contributed by atoms with Gasteiger partial charge in [-0.3, -0.25) is 9.59 Å². The van der Waals surface area contributed by atoms with Crippen LogP contribution in [-0.2, 0) is 14.3 Å². The highest BCUT2D eigenvalue weighted by molar-refractivity contribution is 5.97. The Hall–Kier alpha value is -2.39. The number of hydrogen-bond acceptors (Lipinski definition) is 5. The highest BCUT2D eigenvalue weighted by atomic mass is 16.5. The molecule has 6 nitrogen and oxygen atoms in total. The molecular formula is C15H18N2O4. The fourth-order valence-corrected chi connectivity index (χ4v) is 1.65. The molecule has 6 heteroatoms. The lowest BCUT2D eigenvalue weighted by molar-refractivity contribution is -0.136. The summed E-state index contributed by atoms with van der Waals surface area (Å²) in [6.07, 6.45) is 0. The molecule has 0 saturated heterocycles. The number of hydrogen-bond donors (Lipinski definition) is 1. The summed E-state index contributed by atoms with van der Waals surface area (Å²) in [5.74, 6) is -0.679. The van der Waals surface area contributed by atoms with E-state index in [1.807, 2.05) is 6.07 Å². The van der Waals surface area contributed by atoms with Crippen molar-refractivity contribution in [2.75, 3.05) is 11.9 Å². The largest absolute Gasteiger partial charge is 0.425 e. The average molecular weight is 290 g/mol. The zero-order valence-electron chi connectivity index (χ0n) is 12.5. The maximum Gasteiger partial charge on any atom is 0.308 e. The van der Waals surface area contributed by atoms with Crippen LogP contribution in [0.25, 0.3) is 0 Å². The highest BCUT2D eigenvalue weighted by Gasteiger charge is 2.28. The molecule has 0 saturated carbocycles. The SMILES string of the molecule is CCOC(C)(C)C(=O)Nc1ccc(OC(C)=O)c(C#N)c1. The molecule has 0 aliphatic carbocycles. The number of nitriles is 1. The molecule has 0 radical (unpaired) electrons. The molecule has 1 aromatic rings. The molecule has 0 aliphatic heterocycles. The van der Waals surface area contributed by atoms with Gasteiger partial charge in [-0.25, -0.2) is 0 Å². The number of esters is 1. The lowest BCUT2D eigenvalue weighted by Crippen LogP contribution is -2.39. The summed E-state index contributed by atoms with van der Waals surface area (Å²) in [6, 6.07) is 6.38. The number of benzene rings is 1. The molecule has 1 amide bonds. The second kappa shape index (κ2) is 6.86. The van der Waals surface area contributed by atoms with Crippen LogP contribution in [0, 0.1) is 11.3 Å². The fourth-order valence-electron chi connectivity index (χ4n) is 1.65. The van der Waals surface area contributed by atoms with Crippen LogP contribution in [0.3, 0.4) is 0 Å². The highest BCUT2D eigenvalue weighted by Crippen LogP contribution is 2.23. The van der Waals surface area contributed by atoms with Crippen LogP contribution in [0.4, 0.5) is 5.69 Å². The zero-order valence-corrected chi connectivity index (χ0v) is 12.5. The van der Waals surface area contributed by atoms with Crippen LogP contribution in [0.15, 0.2) is 18.2 Å². The van der Waals surface area contributed by atoms with Crippen LogP contribution < -0.4 is 10.1 Å². The first kappa shape index (κ1) is 16.7. The number of anilines is 1. The molecule has 1 N–H and O–H groups in total. The number of carbonyl (C=O) groups excluding carboxylic acids is 2. The van der Waals surface area contributed by atoms with Crippen molar-refractivity contribution in [1.29, 1.82) is 5.26 Å². The molecule has 0 atom stereocenters. The van der Waals surface area contributed by atoms with Gasteiger partial charge >= 0.3 is 5.97 Å². The number of ether oxygens (including phenoxy) is 2. The first-order valence-electron chi connectivity index (χ1n) is 6.48. The van der Waals surface area contributed by atoms with E-state index < -0.39 is 11.6 Å². The van der Waals surface area contributed by atoms with Gasteiger partial charge in [0.25, 0.3) is 5.91 Å². The van der Waals surface area contributed by atoms with Gasteiger partial charge in [0.1, 0.15) is 17.4 Å². The number of carbonyl (C=O) groups is 2. The minimum Gasteiger partial charge on any atom is -0.425 e. The maximum absolute atomic E-state index is 12.1. The minimum absolute atomic E-state index is 0.159. The van der Waals surface area contributed by atoms with Crippen molar-refractivity contribution in [2.45, 2.75) is 33.3 Å². The van der Waals surface area contributed by atoms with E-state index in [9.17, 15) is 9.59 Å².